The molecule has 4 aromatic rings. The number of hydrogen-bond acceptors (Lipinski definition) is 13. The summed E-state index contributed by atoms with van der Waals surface area (Å²) in [4.78, 5) is 59.1. The summed E-state index contributed by atoms with van der Waals surface area (Å²) in [5.41, 5.74) is 6.98. The highest BCUT2D eigenvalue weighted by molar-refractivity contribution is 6.06. The number of nitrogens with zero attached hydrogens (tertiary/aromatic N) is 4. The van der Waals surface area contributed by atoms with E-state index in [-0.39, 0.29) is 53.6 Å². The zero-order valence-electron chi connectivity index (χ0n) is 36.9. The minimum Gasteiger partial charge on any atom is -0.507 e. The van der Waals surface area contributed by atoms with Crippen molar-refractivity contribution >= 4 is 29.3 Å². The van der Waals surface area contributed by atoms with Crippen molar-refractivity contribution in [2.75, 3.05) is 84.2 Å². The predicted octanol–water partition coefficient (Wildman–Crippen LogP) is 4.18. The molecular formula is C49H58N6O10. The van der Waals surface area contributed by atoms with E-state index in [0.717, 1.165) is 67.2 Å². The number of piperazine rings is 1. The molecule has 1 atom stereocenters. The fourth-order valence-corrected chi connectivity index (χ4v) is 8.87. The molecule has 344 valence electrons. The first-order valence-electron chi connectivity index (χ1n) is 22.4. The lowest BCUT2D eigenvalue weighted by atomic mass is 10.0. The molecule has 4 aliphatic heterocycles. The number of hydrogen-bond donors (Lipinski definition) is 4. The van der Waals surface area contributed by atoms with E-state index in [1.54, 1.807) is 22.8 Å². The number of amides is 4. The monoisotopic (exact) mass is 890 g/mol. The summed E-state index contributed by atoms with van der Waals surface area (Å²) in [6.45, 7) is 12.0. The highest BCUT2D eigenvalue weighted by atomic mass is 16.5. The van der Waals surface area contributed by atoms with Crippen LogP contribution in [0.15, 0.2) is 72.8 Å². The molecule has 2 saturated heterocycles. The van der Waals surface area contributed by atoms with E-state index in [1.165, 1.54) is 11.6 Å². The van der Waals surface area contributed by atoms with E-state index in [4.69, 9.17) is 18.9 Å². The lowest BCUT2D eigenvalue weighted by Crippen LogP contribution is -2.52. The fourth-order valence-electron chi connectivity index (χ4n) is 8.87. The summed E-state index contributed by atoms with van der Waals surface area (Å²) in [6.07, 6.45) is 0.551. The molecule has 0 saturated carbocycles. The van der Waals surface area contributed by atoms with E-state index < -0.39 is 11.9 Å². The first-order valence-corrected chi connectivity index (χ1v) is 22.4. The van der Waals surface area contributed by atoms with Gasteiger partial charge in [-0.05, 0) is 47.7 Å². The Morgan fingerprint density at radius 3 is 2.26 bits per heavy atom. The summed E-state index contributed by atoms with van der Waals surface area (Å²) in [7, 11) is 0. The highest BCUT2D eigenvalue weighted by Gasteiger charge is 2.40. The summed E-state index contributed by atoms with van der Waals surface area (Å²) >= 11 is 0. The minimum atomic E-state index is -0.645. The van der Waals surface area contributed by atoms with Crippen LogP contribution in [0.25, 0.3) is 0 Å². The second kappa shape index (κ2) is 21.3. The lowest BCUT2D eigenvalue weighted by molar-refractivity contribution is -0.136. The molecule has 4 aromatic carbocycles. The second-order valence-electron chi connectivity index (χ2n) is 16.9. The van der Waals surface area contributed by atoms with Crippen LogP contribution in [0, 0.1) is 6.92 Å². The molecule has 65 heavy (non-hydrogen) atoms. The number of carbonyl (C=O) groups excluding carboxylic acids is 4. The number of ether oxygens (including phenoxy) is 4. The van der Waals surface area contributed by atoms with Crippen LogP contribution in [-0.2, 0) is 56.6 Å². The average molecular weight is 891 g/mol. The quantitative estimate of drug-likeness (QED) is 0.0734. The Balaban J connectivity index is 0.675. The Hall–Kier alpha value is -6.04. The third-order valence-corrected chi connectivity index (χ3v) is 12.5. The largest absolute Gasteiger partial charge is 0.507 e. The van der Waals surface area contributed by atoms with Crippen LogP contribution in [0.1, 0.15) is 66.9 Å². The van der Waals surface area contributed by atoms with E-state index >= 15 is 0 Å². The second-order valence-corrected chi connectivity index (χ2v) is 16.9. The molecule has 0 bridgehead atoms. The van der Waals surface area contributed by atoms with Gasteiger partial charge in [0.05, 0.1) is 39.6 Å². The number of rotatable bonds is 20. The maximum Gasteiger partial charge on any atom is 0.262 e. The molecule has 0 aromatic heterocycles. The number of nitrogens with one attached hydrogen (secondary N) is 2. The first-order chi connectivity index (χ1) is 31.6. The Bertz CT molecular complexity index is 2350. The molecule has 4 N–H and O–H groups in total. The SMILES string of the molecule is Cc1c(O)cc(O)c(C(=O)N2Cc3ccc(CN4CCN(CCOCCOCCOCCNc5cccc6c5CN(C5CCC(=O)NC5=O)C6=O)CC4)cc3C2)c1OCc1ccccc1. The van der Waals surface area contributed by atoms with Crippen molar-refractivity contribution in [1.82, 2.24) is 24.9 Å². The Morgan fingerprint density at radius 2 is 1.49 bits per heavy atom. The van der Waals surface area contributed by atoms with Crippen molar-refractivity contribution in [3.05, 3.63) is 117 Å². The normalized spacial score (nSPS) is 17.6. The molecule has 1 unspecified atom stereocenters. The van der Waals surface area contributed by atoms with Crippen molar-refractivity contribution in [2.45, 2.75) is 58.6 Å². The zero-order valence-corrected chi connectivity index (χ0v) is 36.9. The van der Waals surface area contributed by atoms with Crippen LogP contribution in [0.2, 0.25) is 0 Å². The Morgan fingerprint density at radius 1 is 0.769 bits per heavy atom. The minimum absolute atomic E-state index is 0.0582. The zero-order chi connectivity index (χ0) is 45.3. The van der Waals surface area contributed by atoms with Gasteiger partial charge in [-0.1, -0.05) is 54.6 Å². The van der Waals surface area contributed by atoms with Gasteiger partial charge in [0, 0.05) is 100 Å². The van der Waals surface area contributed by atoms with Crippen molar-refractivity contribution in [3.63, 3.8) is 0 Å². The van der Waals surface area contributed by atoms with Crippen LogP contribution in [0.5, 0.6) is 17.2 Å². The number of phenolic OH excluding ortho intramolecular Hbond substituents is 2. The molecule has 8 rings (SSSR count). The molecule has 0 radical (unpaired) electrons. The van der Waals surface area contributed by atoms with Crippen LogP contribution < -0.4 is 15.4 Å². The number of phenols is 2. The molecule has 4 aliphatic rings. The summed E-state index contributed by atoms with van der Waals surface area (Å²) in [6, 6.07) is 22.0. The number of imide groups is 1. The van der Waals surface area contributed by atoms with Crippen molar-refractivity contribution in [1.29, 1.82) is 0 Å². The molecule has 16 heteroatoms. The van der Waals surface area contributed by atoms with Crippen LogP contribution in [-0.4, -0.2) is 138 Å². The molecule has 0 spiro atoms. The number of aromatic hydroxyl groups is 2. The van der Waals surface area contributed by atoms with Gasteiger partial charge in [0.15, 0.2) is 0 Å². The number of fused-ring (bicyclic) bond motifs is 2. The van der Waals surface area contributed by atoms with Gasteiger partial charge in [0.25, 0.3) is 11.8 Å². The topological polar surface area (TPSA) is 183 Å². The van der Waals surface area contributed by atoms with E-state index in [2.05, 4.69) is 38.6 Å². The maximum absolute atomic E-state index is 13.9. The first kappa shape index (κ1) is 45.5. The van der Waals surface area contributed by atoms with Gasteiger partial charge < -0.3 is 44.3 Å². The predicted molar refractivity (Wildman–Crippen MR) is 240 cm³/mol. The van der Waals surface area contributed by atoms with Gasteiger partial charge in [-0.25, -0.2) is 0 Å². The smallest absolute Gasteiger partial charge is 0.262 e. The standard InChI is InChI=1S/C49H58N6O10/c1-33-42(56)27-43(57)45(46(33)65-32-34-6-3-2-4-7-34)49(61)54-29-36-11-10-35(26-37(36)30-54)28-53-17-15-52(16-18-53)19-21-63-23-25-64-24-22-62-20-14-50-40-9-5-8-38-39(40)31-55(48(38)60)41-12-13-44(58)51-47(41)59/h2-11,26-27,41,50,56-57H,12-25,28-32H2,1H3,(H,51,58,59). The summed E-state index contributed by atoms with van der Waals surface area (Å²) in [5, 5.41) is 27.0. The van der Waals surface area contributed by atoms with Gasteiger partial charge in [0.2, 0.25) is 11.8 Å². The fraction of sp³-hybridized carbons (Fsp3) is 0.429. The van der Waals surface area contributed by atoms with E-state index in [1.807, 2.05) is 42.5 Å². The molecule has 16 nitrogen and oxygen atoms in total. The number of piperidine rings is 1. The lowest BCUT2D eigenvalue weighted by Gasteiger charge is -2.34. The number of benzene rings is 4. The number of anilines is 1. The van der Waals surface area contributed by atoms with Crippen LogP contribution in [0.3, 0.4) is 0 Å². The maximum atomic E-state index is 13.9. The number of carbonyl (C=O) groups is 4. The third-order valence-electron chi connectivity index (χ3n) is 12.5. The summed E-state index contributed by atoms with van der Waals surface area (Å²) in [5.74, 6) is -1.52. The molecular weight excluding hydrogens is 833 g/mol. The summed E-state index contributed by atoms with van der Waals surface area (Å²) < 4.78 is 23.3. The van der Waals surface area contributed by atoms with Crippen molar-refractivity contribution < 1.29 is 48.3 Å². The Kier molecular flexibility index (Phi) is 14.9. The van der Waals surface area contributed by atoms with Gasteiger partial charge in [-0.3, -0.25) is 34.3 Å². The van der Waals surface area contributed by atoms with Crippen LogP contribution >= 0.6 is 0 Å². The Labute approximate surface area is 379 Å². The van der Waals surface area contributed by atoms with Crippen LogP contribution in [0.4, 0.5) is 5.69 Å². The molecule has 4 heterocycles. The molecule has 2 fully saturated rings. The van der Waals surface area contributed by atoms with Gasteiger partial charge in [-0.15, -0.1) is 0 Å². The molecule has 4 amide bonds. The van der Waals surface area contributed by atoms with Crippen molar-refractivity contribution in [3.8, 4) is 17.2 Å². The average Bonchev–Trinajstić information content (AvgIpc) is 3.89. The highest BCUT2D eigenvalue weighted by Crippen LogP contribution is 2.40. The van der Waals surface area contributed by atoms with E-state index in [0.29, 0.717) is 83.4 Å². The van der Waals surface area contributed by atoms with Gasteiger partial charge in [-0.2, -0.15) is 0 Å². The molecule has 0 aliphatic carbocycles. The van der Waals surface area contributed by atoms with Gasteiger partial charge >= 0.3 is 0 Å². The third kappa shape index (κ3) is 11.1. The van der Waals surface area contributed by atoms with Crippen molar-refractivity contribution in [2.24, 2.45) is 0 Å². The van der Waals surface area contributed by atoms with Gasteiger partial charge in [0.1, 0.15) is 35.5 Å². The van der Waals surface area contributed by atoms with E-state index in [9.17, 15) is 29.4 Å².